The average molecular weight is 391 g/mol. The van der Waals surface area contributed by atoms with Crippen molar-refractivity contribution < 1.29 is 124 Å². The van der Waals surface area contributed by atoms with E-state index in [-0.39, 0.29) is 124 Å². The molecule has 0 fully saturated rings. The van der Waals surface area contributed by atoms with Gasteiger partial charge in [0.2, 0.25) is 0 Å². The van der Waals surface area contributed by atoms with Gasteiger partial charge in [-0.25, -0.2) is 0 Å². The zero-order chi connectivity index (χ0) is 0. The minimum Gasteiger partial charge on any atom is -2.00 e. The molecular formula is Cr2CuFe2O7-2. The van der Waals surface area contributed by atoms with Crippen LogP contribution in [0.4, 0.5) is 0 Å². The second kappa shape index (κ2) is 370. The molecule has 3 radical (unpaired) electrons. The van der Waals surface area contributed by atoms with E-state index in [9.17, 15) is 0 Å². The Morgan fingerprint density at radius 2 is 0.333 bits per heavy atom. The van der Waals surface area contributed by atoms with Crippen molar-refractivity contribution in [1.29, 1.82) is 0 Å². The van der Waals surface area contributed by atoms with Gasteiger partial charge in [-0.05, 0) is 0 Å². The molecule has 0 aliphatic rings. The van der Waals surface area contributed by atoms with Crippen molar-refractivity contribution in [3.63, 3.8) is 0 Å². The van der Waals surface area contributed by atoms with Gasteiger partial charge in [0.05, 0.1) is 0 Å². The van der Waals surface area contributed by atoms with Gasteiger partial charge in [0.1, 0.15) is 0 Å². The molecule has 0 N–H and O–H groups in total. The number of hydrogen-bond acceptors (Lipinski definition) is 0. The zero-order valence-electron chi connectivity index (χ0n) is 4.68. The maximum Gasteiger partial charge on any atom is 3.00 e. The standard InChI is InChI=1S/2Cr.Cu.2Fe.7O/q2*+3;3*+2;7*-2. The van der Waals surface area contributed by atoms with Crippen LogP contribution in [0.3, 0.4) is 0 Å². The van der Waals surface area contributed by atoms with E-state index >= 15 is 0 Å². The molecule has 12 heavy (non-hydrogen) atoms. The molecule has 0 saturated carbocycles. The monoisotopic (exact) mass is 391 g/mol. The third-order valence-corrected chi connectivity index (χ3v) is 0. The summed E-state index contributed by atoms with van der Waals surface area (Å²) in [5.41, 5.74) is 0. The Morgan fingerprint density at radius 3 is 0.333 bits per heavy atom. The van der Waals surface area contributed by atoms with Gasteiger partial charge < -0.3 is 38.3 Å². The van der Waals surface area contributed by atoms with Crippen LogP contribution in [0.25, 0.3) is 0 Å². The van der Waals surface area contributed by atoms with E-state index in [2.05, 4.69) is 0 Å². The van der Waals surface area contributed by atoms with Crippen molar-refractivity contribution in [1.82, 2.24) is 0 Å². The van der Waals surface area contributed by atoms with Crippen LogP contribution in [0.2, 0.25) is 0 Å². The summed E-state index contributed by atoms with van der Waals surface area (Å²) < 4.78 is 0. The van der Waals surface area contributed by atoms with Gasteiger partial charge in [0, 0.05) is 0 Å². The Bertz CT molecular complexity index is 19.4. The van der Waals surface area contributed by atoms with Crippen molar-refractivity contribution in [2.75, 3.05) is 0 Å². The maximum atomic E-state index is 0. The van der Waals surface area contributed by atoms with Crippen LogP contribution in [-0.4, -0.2) is 0 Å². The van der Waals surface area contributed by atoms with E-state index in [4.69, 9.17) is 0 Å². The fourth-order valence-electron chi connectivity index (χ4n) is 0. The minimum absolute atomic E-state index is 0. The van der Waals surface area contributed by atoms with Crippen LogP contribution in [-0.2, 0) is 124 Å². The quantitative estimate of drug-likeness (QED) is 0.464. The molecule has 0 aliphatic carbocycles. The van der Waals surface area contributed by atoms with Crippen molar-refractivity contribution in [2.24, 2.45) is 0 Å². The van der Waals surface area contributed by atoms with E-state index in [0.717, 1.165) is 0 Å². The summed E-state index contributed by atoms with van der Waals surface area (Å²) in [6, 6.07) is 0. The molecule has 0 amide bonds. The predicted molar refractivity (Wildman–Crippen MR) is 4.81 cm³/mol. The summed E-state index contributed by atoms with van der Waals surface area (Å²) in [6.07, 6.45) is 0. The van der Waals surface area contributed by atoms with E-state index in [1.165, 1.54) is 0 Å². The first-order valence-corrected chi connectivity index (χ1v) is 0. The third-order valence-electron chi connectivity index (χ3n) is 0. The Morgan fingerprint density at radius 1 is 0.333 bits per heavy atom. The zero-order valence-corrected chi connectivity index (χ0v) is 10.4. The molecule has 0 heterocycles. The molecule has 0 aromatic carbocycles. The Hall–Kier alpha value is 2.34. The summed E-state index contributed by atoms with van der Waals surface area (Å²) in [5, 5.41) is 0. The smallest absolute Gasteiger partial charge is 2.00 e. The Balaban J connectivity index is 0. The molecular weight excluding hydrogens is 391 g/mol. The van der Waals surface area contributed by atoms with E-state index < -0.39 is 0 Å². The molecule has 0 atom stereocenters. The van der Waals surface area contributed by atoms with E-state index in [0.29, 0.717) is 0 Å². The SMILES string of the molecule is [Cr+3].[Cr+3].[Cu+2].[Fe+2].[Fe+2].[O-2].[O-2].[O-2].[O-2].[O-2].[O-2].[O-2]. The molecule has 83 valence electrons. The summed E-state index contributed by atoms with van der Waals surface area (Å²) in [7, 11) is 0. The van der Waals surface area contributed by atoms with E-state index in [1.54, 1.807) is 0 Å². The fourth-order valence-corrected chi connectivity index (χ4v) is 0. The van der Waals surface area contributed by atoms with Crippen LogP contribution >= 0.6 is 0 Å². The molecule has 0 aromatic heterocycles. The molecule has 0 aromatic rings. The molecule has 12 heteroatoms. The summed E-state index contributed by atoms with van der Waals surface area (Å²) in [5.74, 6) is 0. The molecule has 0 bridgehead atoms. The van der Waals surface area contributed by atoms with Gasteiger partial charge in [-0.1, -0.05) is 0 Å². The van der Waals surface area contributed by atoms with Crippen LogP contribution in [0, 0.1) is 0 Å². The van der Waals surface area contributed by atoms with Crippen molar-refractivity contribution in [2.45, 2.75) is 0 Å². The van der Waals surface area contributed by atoms with Gasteiger partial charge in [-0.3, -0.25) is 0 Å². The van der Waals surface area contributed by atoms with Gasteiger partial charge in [0.15, 0.2) is 0 Å². The van der Waals surface area contributed by atoms with Crippen LogP contribution < -0.4 is 0 Å². The molecule has 0 unspecified atom stereocenters. The fraction of sp³-hybridized carbons (Fsp3) is 0. The van der Waals surface area contributed by atoms with E-state index in [1.807, 2.05) is 0 Å². The van der Waals surface area contributed by atoms with Crippen molar-refractivity contribution >= 4 is 0 Å². The van der Waals surface area contributed by atoms with Crippen LogP contribution in [0.15, 0.2) is 0 Å². The number of hydrogen-bond donors (Lipinski definition) is 0. The second-order valence-corrected chi connectivity index (χ2v) is 0. The second-order valence-electron chi connectivity index (χ2n) is 0. The topological polar surface area (TPSA) is 200 Å². The summed E-state index contributed by atoms with van der Waals surface area (Å²) >= 11 is 0. The maximum absolute atomic E-state index is 0. The van der Waals surface area contributed by atoms with Gasteiger partial charge in [-0.15, -0.1) is 0 Å². The first-order valence-electron chi connectivity index (χ1n) is 0. The molecule has 0 aliphatic heterocycles. The molecule has 0 rings (SSSR count). The Labute approximate surface area is 123 Å². The summed E-state index contributed by atoms with van der Waals surface area (Å²) in [6.45, 7) is 0. The predicted octanol–water partition coefficient (Wildman–Crippen LogP) is -0.844. The van der Waals surface area contributed by atoms with Crippen molar-refractivity contribution in [3.8, 4) is 0 Å². The minimum atomic E-state index is 0. The van der Waals surface area contributed by atoms with Crippen LogP contribution in [0.1, 0.15) is 0 Å². The average Bonchev–Trinajstić information content (AvgIpc) is 0. The van der Waals surface area contributed by atoms with Gasteiger partial charge in [0.25, 0.3) is 0 Å². The first-order chi connectivity index (χ1) is 0. The Kier molecular flexibility index (Phi) is 14300. The normalized spacial score (nSPS) is 0. The van der Waals surface area contributed by atoms with Gasteiger partial charge in [-0.2, -0.15) is 0 Å². The number of rotatable bonds is 0. The summed E-state index contributed by atoms with van der Waals surface area (Å²) in [4.78, 5) is 0. The van der Waals surface area contributed by atoms with Gasteiger partial charge >= 0.3 is 85.9 Å². The third kappa shape index (κ3) is 289. The van der Waals surface area contributed by atoms with Crippen LogP contribution in [0.5, 0.6) is 0 Å². The largest absolute Gasteiger partial charge is 3.00 e. The first kappa shape index (κ1) is 465. The molecule has 7 nitrogen and oxygen atoms in total. The molecule has 0 saturated heterocycles. The molecule has 0 spiro atoms. The van der Waals surface area contributed by atoms with Crippen molar-refractivity contribution in [3.05, 3.63) is 0 Å².